The predicted octanol–water partition coefficient (Wildman–Crippen LogP) is 2.63. The van der Waals surface area contributed by atoms with Crippen LogP contribution in [0.1, 0.15) is 57.2 Å². The maximum atomic E-state index is 12.5. The van der Waals surface area contributed by atoms with E-state index in [1.807, 2.05) is 24.2 Å². The van der Waals surface area contributed by atoms with Gasteiger partial charge in [0.2, 0.25) is 5.91 Å². The van der Waals surface area contributed by atoms with E-state index in [2.05, 4.69) is 10.6 Å². The lowest BCUT2D eigenvalue weighted by Gasteiger charge is -2.31. The van der Waals surface area contributed by atoms with Crippen LogP contribution in [0.3, 0.4) is 0 Å². The Bertz CT molecular complexity index is 439. The first-order valence-corrected chi connectivity index (χ1v) is 7.68. The van der Waals surface area contributed by atoms with E-state index in [4.69, 9.17) is 0 Å². The largest absolute Gasteiger partial charge is 0.393 e. The Hall–Kier alpha value is -1.29. The van der Waals surface area contributed by atoms with Crippen molar-refractivity contribution < 1.29 is 9.90 Å². The number of nitrogens with zero attached hydrogens (tertiary/aromatic N) is 2. The number of hydrogen-bond donors (Lipinski definition) is 1. The molecule has 2 atom stereocenters. The number of aliphatic hydroxyl groups is 1. The fourth-order valence-corrected chi connectivity index (χ4v) is 3.01. The number of carbonyl (C=O) groups is 1. The molecule has 1 N–H and O–H groups in total. The average molecular weight is 278 g/mol. The van der Waals surface area contributed by atoms with Gasteiger partial charge in [0, 0.05) is 31.9 Å². The third-order valence-corrected chi connectivity index (χ3v) is 4.17. The highest BCUT2D eigenvalue weighted by Crippen LogP contribution is 2.30. The van der Waals surface area contributed by atoms with Gasteiger partial charge in [-0.05, 0) is 38.3 Å². The summed E-state index contributed by atoms with van der Waals surface area (Å²) in [5.41, 5.74) is 1.22. The summed E-state index contributed by atoms with van der Waals surface area (Å²) in [7, 11) is 2.04. The van der Waals surface area contributed by atoms with Crippen molar-refractivity contribution in [3.05, 3.63) is 24.0 Å². The molecule has 1 aromatic rings. The Morgan fingerprint density at radius 3 is 2.90 bits per heavy atom. The van der Waals surface area contributed by atoms with Gasteiger partial charge in [0.25, 0.3) is 0 Å². The van der Waals surface area contributed by atoms with Gasteiger partial charge < -0.3 is 14.6 Å². The summed E-state index contributed by atoms with van der Waals surface area (Å²) >= 11 is 0. The molecular weight excluding hydrogens is 252 g/mol. The van der Waals surface area contributed by atoms with Crippen LogP contribution in [0.5, 0.6) is 0 Å². The molecule has 0 bridgehead atoms. The number of aryl methyl sites for hydroxylation is 1. The van der Waals surface area contributed by atoms with Gasteiger partial charge in [0.15, 0.2) is 0 Å². The quantitative estimate of drug-likeness (QED) is 0.920. The maximum Gasteiger partial charge on any atom is 0.223 e. The number of aromatic nitrogens is 1. The molecule has 1 saturated heterocycles. The SMILES string of the molecule is CC(O)CCC(=O)N1CCCCCC1c1cccn1C. The normalized spacial score (nSPS) is 21.6. The molecule has 1 aliphatic heterocycles. The van der Waals surface area contributed by atoms with Crippen LogP contribution in [0.4, 0.5) is 0 Å². The van der Waals surface area contributed by atoms with Crippen LogP contribution in [0.15, 0.2) is 18.3 Å². The number of likely N-dealkylation sites (tertiary alicyclic amines) is 1. The van der Waals surface area contributed by atoms with Crippen LogP contribution in [0.2, 0.25) is 0 Å². The summed E-state index contributed by atoms with van der Waals surface area (Å²) in [6.45, 7) is 2.58. The molecule has 0 aromatic carbocycles. The highest BCUT2D eigenvalue weighted by Gasteiger charge is 2.27. The number of aliphatic hydroxyl groups excluding tert-OH is 1. The number of amides is 1. The molecule has 1 fully saturated rings. The lowest BCUT2D eigenvalue weighted by atomic mass is 10.1. The van der Waals surface area contributed by atoms with Crippen molar-refractivity contribution in [1.82, 2.24) is 9.47 Å². The second kappa shape index (κ2) is 6.93. The second-order valence-electron chi connectivity index (χ2n) is 5.88. The number of rotatable bonds is 4. The Kier molecular flexibility index (Phi) is 5.24. The molecule has 20 heavy (non-hydrogen) atoms. The number of carbonyl (C=O) groups excluding carboxylic acids is 1. The molecule has 0 spiro atoms. The Morgan fingerprint density at radius 2 is 2.25 bits per heavy atom. The van der Waals surface area contributed by atoms with Crippen molar-refractivity contribution in [2.75, 3.05) is 6.54 Å². The molecule has 1 aromatic heterocycles. The molecule has 2 unspecified atom stereocenters. The van der Waals surface area contributed by atoms with Gasteiger partial charge in [-0.15, -0.1) is 0 Å². The van der Waals surface area contributed by atoms with Crippen molar-refractivity contribution in [2.24, 2.45) is 7.05 Å². The minimum atomic E-state index is -0.403. The van der Waals surface area contributed by atoms with Gasteiger partial charge in [0.1, 0.15) is 0 Å². The zero-order valence-corrected chi connectivity index (χ0v) is 12.6. The van der Waals surface area contributed by atoms with Gasteiger partial charge in [-0.1, -0.05) is 12.8 Å². The molecule has 1 amide bonds. The van der Waals surface area contributed by atoms with E-state index in [0.717, 1.165) is 19.4 Å². The van der Waals surface area contributed by atoms with E-state index in [9.17, 15) is 9.90 Å². The van der Waals surface area contributed by atoms with Gasteiger partial charge in [-0.3, -0.25) is 4.79 Å². The summed E-state index contributed by atoms with van der Waals surface area (Å²) in [4.78, 5) is 14.5. The van der Waals surface area contributed by atoms with Crippen molar-refractivity contribution >= 4 is 5.91 Å². The first-order chi connectivity index (χ1) is 9.59. The predicted molar refractivity (Wildman–Crippen MR) is 79.2 cm³/mol. The Morgan fingerprint density at radius 1 is 1.45 bits per heavy atom. The molecular formula is C16H26N2O2. The molecule has 1 aliphatic rings. The summed E-state index contributed by atoms with van der Waals surface area (Å²) in [6.07, 6.45) is 7.13. The number of hydrogen-bond acceptors (Lipinski definition) is 2. The average Bonchev–Trinajstić information content (AvgIpc) is 2.69. The third kappa shape index (κ3) is 3.63. The molecule has 0 radical (unpaired) electrons. The summed E-state index contributed by atoms with van der Waals surface area (Å²) in [6, 6.07) is 4.35. The first-order valence-electron chi connectivity index (χ1n) is 7.68. The molecule has 2 heterocycles. The zero-order valence-electron chi connectivity index (χ0n) is 12.6. The zero-order chi connectivity index (χ0) is 14.5. The lowest BCUT2D eigenvalue weighted by molar-refractivity contribution is -0.134. The molecule has 112 valence electrons. The first kappa shape index (κ1) is 15.1. The summed E-state index contributed by atoms with van der Waals surface area (Å²) in [5, 5.41) is 9.37. The van der Waals surface area contributed by atoms with E-state index < -0.39 is 6.10 Å². The molecule has 4 heteroatoms. The van der Waals surface area contributed by atoms with Crippen LogP contribution in [0.25, 0.3) is 0 Å². The maximum absolute atomic E-state index is 12.5. The van der Waals surface area contributed by atoms with Crippen LogP contribution >= 0.6 is 0 Å². The molecule has 2 rings (SSSR count). The lowest BCUT2D eigenvalue weighted by Crippen LogP contribution is -2.35. The highest BCUT2D eigenvalue weighted by atomic mass is 16.3. The van der Waals surface area contributed by atoms with Gasteiger partial charge in [-0.25, -0.2) is 0 Å². The van der Waals surface area contributed by atoms with E-state index >= 15 is 0 Å². The fourth-order valence-electron chi connectivity index (χ4n) is 3.01. The molecule has 0 saturated carbocycles. The standard InChI is InChI=1S/C16H26N2O2/c1-13(19)9-10-16(20)18-12-5-3-4-7-15(18)14-8-6-11-17(14)2/h6,8,11,13,15,19H,3-5,7,9-10,12H2,1-2H3. The van der Waals surface area contributed by atoms with E-state index in [-0.39, 0.29) is 11.9 Å². The van der Waals surface area contributed by atoms with Gasteiger partial charge >= 0.3 is 0 Å². The molecule has 0 aliphatic carbocycles. The van der Waals surface area contributed by atoms with E-state index in [1.165, 1.54) is 18.5 Å². The highest BCUT2D eigenvalue weighted by molar-refractivity contribution is 5.76. The monoisotopic (exact) mass is 278 g/mol. The Balaban J connectivity index is 2.13. The third-order valence-electron chi connectivity index (χ3n) is 4.17. The summed E-state index contributed by atoms with van der Waals surface area (Å²) in [5.74, 6) is 0.180. The van der Waals surface area contributed by atoms with Crippen LogP contribution in [0, 0.1) is 0 Å². The second-order valence-corrected chi connectivity index (χ2v) is 5.88. The van der Waals surface area contributed by atoms with Crippen LogP contribution in [-0.2, 0) is 11.8 Å². The fraction of sp³-hybridized carbons (Fsp3) is 0.688. The van der Waals surface area contributed by atoms with E-state index in [0.29, 0.717) is 12.8 Å². The van der Waals surface area contributed by atoms with Crippen molar-refractivity contribution in [3.63, 3.8) is 0 Å². The topological polar surface area (TPSA) is 45.5 Å². The van der Waals surface area contributed by atoms with Gasteiger partial charge in [0.05, 0.1) is 12.1 Å². The van der Waals surface area contributed by atoms with Crippen molar-refractivity contribution in [3.8, 4) is 0 Å². The van der Waals surface area contributed by atoms with Crippen molar-refractivity contribution in [2.45, 2.75) is 57.6 Å². The smallest absolute Gasteiger partial charge is 0.223 e. The van der Waals surface area contributed by atoms with Crippen molar-refractivity contribution in [1.29, 1.82) is 0 Å². The molecule has 4 nitrogen and oxygen atoms in total. The minimum Gasteiger partial charge on any atom is -0.393 e. The van der Waals surface area contributed by atoms with E-state index in [1.54, 1.807) is 6.92 Å². The minimum absolute atomic E-state index is 0.180. The van der Waals surface area contributed by atoms with Crippen LogP contribution in [-0.4, -0.2) is 33.1 Å². The van der Waals surface area contributed by atoms with Crippen LogP contribution < -0.4 is 0 Å². The summed E-state index contributed by atoms with van der Waals surface area (Å²) < 4.78 is 2.12. The van der Waals surface area contributed by atoms with Gasteiger partial charge in [-0.2, -0.15) is 0 Å². The Labute approximate surface area is 121 Å².